The summed E-state index contributed by atoms with van der Waals surface area (Å²) in [6.07, 6.45) is 4.08. The first-order valence-corrected chi connectivity index (χ1v) is 10.4. The fourth-order valence-corrected chi connectivity index (χ4v) is 3.90. The number of carbonyl (C=O) groups excluding carboxylic acids is 1. The Kier molecular flexibility index (Phi) is 6.01. The van der Waals surface area contributed by atoms with Crippen molar-refractivity contribution in [2.24, 2.45) is 5.73 Å². The zero-order valence-corrected chi connectivity index (χ0v) is 17.5. The molecule has 1 atom stereocenters. The van der Waals surface area contributed by atoms with Crippen LogP contribution in [-0.2, 0) is 0 Å². The maximum absolute atomic E-state index is 12.6. The predicted molar refractivity (Wildman–Crippen MR) is 119 cm³/mol. The molecule has 4 N–H and O–H groups in total. The van der Waals surface area contributed by atoms with Crippen LogP contribution >= 0.6 is 0 Å². The molecule has 2 aromatic heterocycles. The van der Waals surface area contributed by atoms with Gasteiger partial charge in [0.05, 0.1) is 5.52 Å². The van der Waals surface area contributed by atoms with Crippen LogP contribution in [-0.4, -0.2) is 59.4 Å². The van der Waals surface area contributed by atoms with E-state index in [1.807, 2.05) is 19.1 Å². The second kappa shape index (κ2) is 8.87. The van der Waals surface area contributed by atoms with Gasteiger partial charge in [-0.3, -0.25) is 14.8 Å². The Morgan fingerprint density at radius 1 is 1.35 bits per heavy atom. The second-order valence-corrected chi connectivity index (χ2v) is 7.92. The van der Waals surface area contributed by atoms with Crippen molar-refractivity contribution in [3.8, 4) is 5.75 Å². The number of amides is 1. The fourth-order valence-electron chi connectivity index (χ4n) is 3.90. The number of rotatable bonds is 7. The smallest absolute Gasteiger partial charge is 0.251 e. The molecule has 1 aliphatic rings. The first-order valence-electron chi connectivity index (χ1n) is 10.4. The number of hydrogen-bond acceptors (Lipinski definition) is 7. The van der Waals surface area contributed by atoms with E-state index in [0.717, 1.165) is 22.3 Å². The number of nitrogens with two attached hydrogens (primary N) is 1. The number of ether oxygens (including phenoxy) is 1. The summed E-state index contributed by atoms with van der Waals surface area (Å²) in [5.41, 5.74) is 7.71. The van der Waals surface area contributed by atoms with Crippen LogP contribution in [0.5, 0.6) is 5.75 Å². The Hall–Kier alpha value is -3.23. The Bertz CT molecular complexity index is 1090. The number of anilines is 1. The average molecular weight is 422 g/mol. The highest BCUT2D eigenvalue weighted by Gasteiger charge is 2.37. The highest BCUT2D eigenvalue weighted by Crippen LogP contribution is 2.32. The number of carbonyl (C=O) groups is 1. The van der Waals surface area contributed by atoms with Crippen LogP contribution in [0.2, 0.25) is 0 Å². The maximum Gasteiger partial charge on any atom is 0.251 e. The zero-order chi connectivity index (χ0) is 21.8. The van der Waals surface area contributed by atoms with Gasteiger partial charge in [-0.2, -0.15) is 0 Å². The summed E-state index contributed by atoms with van der Waals surface area (Å²) in [5, 5.41) is 14.9. The molecule has 3 aromatic rings. The SMILES string of the molecule is Cc1cc(N2CCC(O)(CNC(=O)c3cccc(OCCN)c3)C2)c2cnccc2n1. The lowest BCUT2D eigenvalue weighted by atomic mass is 10.0. The number of nitrogens with one attached hydrogen (secondary N) is 1. The Labute approximate surface area is 181 Å². The first-order chi connectivity index (χ1) is 15.0. The van der Waals surface area contributed by atoms with E-state index in [0.29, 0.717) is 44.0 Å². The van der Waals surface area contributed by atoms with E-state index in [4.69, 9.17) is 10.5 Å². The lowest BCUT2D eigenvalue weighted by Crippen LogP contribution is -2.45. The van der Waals surface area contributed by atoms with Crippen molar-refractivity contribution >= 4 is 22.5 Å². The molecule has 0 spiro atoms. The molecule has 0 aliphatic carbocycles. The van der Waals surface area contributed by atoms with Crippen molar-refractivity contribution in [1.29, 1.82) is 0 Å². The average Bonchev–Trinajstić information content (AvgIpc) is 3.18. The van der Waals surface area contributed by atoms with E-state index in [1.165, 1.54) is 0 Å². The summed E-state index contributed by atoms with van der Waals surface area (Å²) in [5.74, 6) is 0.344. The van der Waals surface area contributed by atoms with Crippen LogP contribution in [0.4, 0.5) is 5.69 Å². The van der Waals surface area contributed by atoms with E-state index in [1.54, 1.807) is 36.7 Å². The first kappa shape index (κ1) is 21.0. The number of benzene rings is 1. The monoisotopic (exact) mass is 421 g/mol. The van der Waals surface area contributed by atoms with Gasteiger partial charge in [0.15, 0.2) is 0 Å². The van der Waals surface area contributed by atoms with Gasteiger partial charge in [0.25, 0.3) is 5.91 Å². The molecule has 0 bridgehead atoms. The van der Waals surface area contributed by atoms with Crippen molar-refractivity contribution in [3.05, 3.63) is 60.0 Å². The molecular formula is C23H27N5O3. The van der Waals surface area contributed by atoms with Gasteiger partial charge in [-0.15, -0.1) is 0 Å². The largest absolute Gasteiger partial charge is 0.492 e. The molecule has 4 rings (SSSR count). The minimum absolute atomic E-state index is 0.163. The molecule has 1 amide bonds. The molecule has 31 heavy (non-hydrogen) atoms. The van der Waals surface area contributed by atoms with E-state index in [9.17, 15) is 9.90 Å². The van der Waals surface area contributed by atoms with Crippen molar-refractivity contribution in [2.45, 2.75) is 18.9 Å². The van der Waals surface area contributed by atoms with Gasteiger partial charge < -0.3 is 25.8 Å². The standard InChI is InChI=1S/C23H27N5O3/c1-16-11-21(19-13-25-8-5-20(19)27-16)28-9-6-23(30,15-28)14-26-22(29)17-3-2-4-18(12-17)31-10-7-24/h2-5,8,11-13,30H,6-7,9-10,14-15,24H2,1H3,(H,26,29). The van der Waals surface area contributed by atoms with Gasteiger partial charge in [-0.25, -0.2) is 0 Å². The third-order valence-corrected chi connectivity index (χ3v) is 5.45. The number of fused-ring (bicyclic) bond motifs is 1. The molecule has 1 aromatic carbocycles. The number of hydrogen-bond donors (Lipinski definition) is 3. The van der Waals surface area contributed by atoms with Gasteiger partial charge in [-0.1, -0.05) is 6.07 Å². The second-order valence-electron chi connectivity index (χ2n) is 7.92. The van der Waals surface area contributed by atoms with Crippen LogP contribution in [0.1, 0.15) is 22.5 Å². The molecule has 1 saturated heterocycles. The lowest BCUT2D eigenvalue weighted by Gasteiger charge is -2.25. The van der Waals surface area contributed by atoms with Gasteiger partial charge >= 0.3 is 0 Å². The van der Waals surface area contributed by atoms with E-state index in [-0.39, 0.29) is 12.5 Å². The Balaban J connectivity index is 1.43. The lowest BCUT2D eigenvalue weighted by molar-refractivity contribution is 0.0576. The molecule has 1 aliphatic heterocycles. The molecule has 0 saturated carbocycles. The van der Waals surface area contributed by atoms with Gasteiger partial charge in [0, 0.05) is 60.9 Å². The number of nitrogens with zero attached hydrogens (tertiary/aromatic N) is 3. The summed E-state index contributed by atoms with van der Waals surface area (Å²) in [6, 6.07) is 10.8. The predicted octanol–water partition coefficient (Wildman–Crippen LogP) is 1.65. The molecule has 8 nitrogen and oxygen atoms in total. The molecule has 3 heterocycles. The normalized spacial score (nSPS) is 18.4. The Morgan fingerprint density at radius 2 is 2.23 bits per heavy atom. The quantitative estimate of drug-likeness (QED) is 0.531. The third-order valence-electron chi connectivity index (χ3n) is 5.45. The zero-order valence-electron chi connectivity index (χ0n) is 17.5. The maximum atomic E-state index is 12.6. The van der Waals surface area contributed by atoms with Crippen molar-refractivity contribution in [1.82, 2.24) is 15.3 Å². The topological polar surface area (TPSA) is 114 Å². The fraction of sp³-hybridized carbons (Fsp3) is 0.348. The molecule has 162 valence electrons. The van der Waals surface area contributed by atoms with Crippen LogP contribution in [0.15, 0.2) is 48.8 Å². The highest BCUT2D eigenvalue weighted by molar-refractivity contribution is 5.94. The van der Waals surface area contributed by atoms with Gasteiger partial charge in [-0.05, 0) is 43.7 Å². The van der Waals surface area contributed by atoms with Crippen LogP contribution in [0.25, 0.3) is 10.9 Å². The minimum Gasteiger partial charge on any atom is -0.492 e. The van der Waals surface area contributed by atoms with Gasteiger partial charge in [0.1, 0.15) is 18.0 Å². The van der Waals surface area contributed by atoms with E-state index < -0.39 is 5.60 Å². The van der Waals surface area contributed by atoms with E-state index in [2.05, 4.69) is 20.2 Å². The highest BCUT2D eigenvalue weighted by atomic mass is 16.5. The number of aryl methyl sites for hydroxylation is 1. The van der Waals surface area contributed by atoms with Gasteiger partial charge in [0.2, 0.25) is 0 Å². The number of aliphatic hydroxyl groups is 1. The molecule has 8 heteroatoms. The summed E-state index contributed by atoms with van der Waals surface area (Å²) in [6.45, 7) is 4.01. The third kappa shape index (κ3) is 4.76. The summed E-state index contributed by atoms with van der Waals surface area (Å²) < 4.78 is 5.48. The summed E-state index contributed by atoms with van der Waals surface area (Å²) >= 11 is 0. The van der Waals surface area contributed by atoms with Crippen LogP contribution in [0, 0.1) is 6.92 Å². The van der Waals surface area contributed by atoms with Crippen molar-refractivity contribution < 1.29 is 14.6 Å². The molecule has 1 unspecified atom stereocenters. The number of β-amino-alcohol motifs (C(OH)–C–C–N with tert-alkyl or cyclic N) is 1. The van der Waals surface area contributed by atoms with Crippen molar-refractivity contribution in [2.75, 3.05) is 37.7 Å². The van der Waals surface area contributed by atoms with Crippen LogP contribution < -0.4 is 20.7 Å². The van der Waals surface area contributed by atoms with Crippen molar-refractivity contribution in [3.63, 3.8) is 0 Å². The number of pyridine rings is 2. The summed E-state index contributed by atoms with van der Waals surface area (Å²) in [4.78, 5) is 23.5. The summed E-state index contributed by atoms with van der Waals surface area (Å²) in [7, 11) is 0. The Morgan fingerprint density at radius 3 is 3.06 bits per heavy atom. The van der Waals surface area contributed by atoms with E-state index >= 15 is 0 Å². The molecule has 1 fully saturated rings. The minimum atomic E-state index is -1.02. The molecular weight excluding hydrogens is 394 g/mol. The van der Waals surface area contributed by atoms with Crippen LogP contribution in [0.3, 0.4) is 0 Å². The number of aromatic nitrogens is 2. The molecule has 0 radical (unpaired) electrons.